The molecule has 16 nitrogen and oxygen atoms in total. The number of rotatable bonds is 11. The fourth-order valence-corrected chi connectivity index (χ4v) is 9.00. The molecule has 6 N–H and O–H groups in total. The van der Waals surface area contributed by atoms with Crippen LogP contribution >= 0.6 is 0 Å². The number of esters is 2. The number of morpholine rings is 1. The number of anilines is 1. The highest BCUT2D eigenvalue weighted by Gasteiger charge is 2.76. The number of carboxylic acids is 1. The lowest BCUT2D eigenvalue weighted by atomic mass is 9.65. The van der Waals surface area contributed by atoms with Crippen molar-refractivity contribution in [2.45, 2.75) is 49.5 Å². The normalized spacial score (nSPS) is 23.0. The highest BCUT2D eigenvalue weighted by atomic mass is 16.6. The van der Waals surface area contributed by atoms with E-state index in [1.807, 2.05) is 24.3 Å². The molecule has 16 heteroatoms. The summed E-state index contributed by atoms with van der Waals surface area (Å²) in [5.74, 6) is -0.634. The minimum Gasteiger partial charge on any atom is -0.491 e. The van der Waals surface area contributed by atoms with Crippen LogP contribution in [0.3, 0.4) is 0 Å². The molecular weight excluding hydrogens is 799 g/mol. The molecule has 7 unspecified atom stereocenters. The van der Waals surface area contributed by atoms with Gasteiger partial charge in [0.25, 0.3) is 0 Å². The Morgan fingerprint density at radius 3 is 2.21 bits per heavy atom. The zero-order valence-corrected chi connectivity index (χ0v) is 34.0. The molecule has 0 radical (unpaired) electrons. The fraction of sp³-hybridized carbons (Fsp3) is 0.304. The number of amides is 5. The standard InChI is InChI=1S/C46H45N5O11/c1-26(2)35(41(55)60-3)49-45(59)50-33-20-19-27(12-11-21-48-44(47)58)24-32(33)46(43(50)57)34(40(53)54)37-42(56)62-38(29-15-8-5-9-16-29)36(28-13-6-4-7-14-28)51(37)39(46)30-17-10-18-31(25-30)61-23-22-52/h4-10,13-20,24-26,34-39,52H,21-23H2,1-3H3,(H,49,59)(H,53,54)(H3,47,48,58). The maximum Gasteiger partial charge on any atom is 0.329 e. The maximum atomic E-state index is 16.0. The first kappa shape index (κ1) is 42.9. The highest BCUT2D eigenvalue weighted by Crippen LogP contribution is 2.66. The molecule has 4 aromatic rings. The van der Waals surface area contributed by atoms with Crippen molar-refractivity contribution < 1.29 is 53.2 Å². The molecule has 1 spiro atoms. The Kier molecular flexibility index (Phi) is 12.3. The van der Waals surface area contributed by atoms with E-state index in [-0.39, 0.29) is 42.3 Å². The van der Waals surface area contributed by atoms with Gasteiger partial charge in [0.05, 0.1) is 38.0 Å². The van der Waals surface area contributed by atoms with E-state index in [2.05, 4.69) is 22.5 Å². The number of imide groups is 1. The molecule has 2 fully saturated rings. The summed E-state index contributed by atoms with van der Waals surface area (Å²) in [5, 5.41) is 26.2. The lowest BCUT2D eigenvalue weighted by Gasteiger charge is -2.46. The Bertz CT molecular complexity index is 2450. The van der Waals surface area contributed by atoms with Crippen LogP contribution in [0, 0.1) is 23.7 Å². The minimum atomic E-state index is -2.29. The number of urea groups is 2. The van der Waals surface area contributed by atoms with E-state index < -0.39 is 83.4 Å². The molecule has 7 atom stereocenters. The number of methoxy groups -OCH3 is 1. The average Bonchev–Trinajstić information content (AvgIpc) is 3.73. The molecule has 0 aromatic heterocycles. The van der Waals surface area contributed by atoms with E-state index in [4.69, 9.17) is 19.9 Å². The van der Waals surface area contributed by atoms with Gasteiger partial charge >= 0.3 is 30.0 Å². The molecule has 320 valence electrons. The molecule has 0 bridgehead atoms. The second-order valence-electron chi connectivity index (χ2n) is 15.3. The largest absolute Gasteiger partial charge is 0.491 e. The van der Waals surface area contributed by atoms with Gasteiger partial charge in [-0.1, -0.05) is 98.5 Å². The molecule has 2 saturated heterocycles. The van der Waals surface area contributed by atoms with Crippen LogP contribution in [0.4, 0.5) is 15.3 Å². The smallest absolute Gasteiger partial charge is 0.329 e. The van der Waals surface area contributed by atoms with Gasteiger partial charge in [-0.3, -0.25) is 19.3 Å². The summed E-state index contributed by atoms with van der Waals surface area (Å²) < 4.78 is 17.1. The van der Waals surface area contributed by atoms with Gasteiger partial charge in [0.2, 0.25) is 5.91 Å². The Hall–Kier alpha value is -7.22. The zero-order chi connectivity index (χ0) is 44.3. The number of aliphatic hydroxyl groups is 1. The number of carbonyl (C=O) groups excluding carboxylic acids is 5. The van der Waals surface area contributed by atoms with Crippen LogP contribution in [-0.2, 0) is 34.1 Å². The Morgan fingerprint density at radius 1 is 0.903 bits per heavy atom. The molecular formula is C46H45N5O11. The number of carbonyl (C=O) groups is 6. The predicted molar refractivity (Wildman–Crippen MR) is 222 cm³/mol. The van der Waals surface area contributed by atoms with Gasteiger partial charge in [-0.15, -0.1) is 0 Å². The Labute approximate surface area is 356 Å². The second-order valence-corrected chi connectivity index (χ2v) is 15.3. The van der Waals surface area contributed by atoms with Gasteiger partial charge in [0.1, 0.15) is 41.9 Å². The Balaban J connectivity index is 1.55. The van der Waals surface area contributed by atoms with Crippen molar-refractivity contribution in [2.75, 3.05) is 31.8 Å². The monoisotopic (exact) mass is 843 g/mol. The van der Waals surface area contributed by atoms with Crippen molar-refractivity contribution in [3.63, 3.8) is 0 Å². The SMILES string of the molecule is COC(=O)C(NC(=O)N1C(=O)C2(c3cc(C#CCNC(N)=O)ccc31)C(C(=O)O)C1C(=O)OC(c3ccccc3)C(c3ccccc3)N1C2c1cccc(OCCO)c1)C(C)C. The van der Waals surface area contributed by atoms with Crippen molar-refractivity contribution in [2.24, 2.45) is 17.6 Å². The molecule has 0 aliphatic carbocycles. The molecule has 0 saturated carbocycles. The van der Waals surface area contributed by atoms with Crippen molar-refractivity contribution >= 4 is 41.6 Å². The van der Waals surface area contributed by atoms with Crippen LogP contribution in [0.1, 0.15) is 59.9 Å². The molecule has 7 rings (SSSR count). The third kappa shape index (κ3) is 7.56. The van der Waals surface area contributed by atoms with E-state index in [0.29, 0.717) is 16.7 Å². The van der Waals surface area contributed by atoms with Gasteiger partial charge in [-0.2, -0.15) is 0 Å². The van der Waals surface area contributed by atoms with E-state index in [9.17, 15) is 34.2 Å². The molecule has 62 heavy (non-hydrogen) atoms. The lowest BCUT2D eigenvalue weighted by molar-refractivity contribution is -0.179. The summed E-state index contributed by atoms with van der Waals surface area (Å²) in [6.45, 7) is 2.81. The van der Waals surface area contributed by atoms with Crippen molar-refractivity contribution in [3.05, 3.63) is 131 Å². The minimum absolute atomic E-state index is 0.0197. The number of nitrogens with two attached hydrogens (primary N) is 1. The molecule has 4 aromatic carbocycles. The molecule has 3 aliphatic rings. The number of primary amides is 1. The van der Waals surface area contributed by atoms with Gasteiger partial charge in [-0.25, -0.2) is 19.3 Å². The lowest BCUT2D eigenvalue weighted by Crippen LogP contribution is -2.56. The zero-order valence-electron chi connectivity index (χ0n) is 34.0. The summed E-state index contributed by atoms with van der Waals surface area (Å²) in [7, 11) is 1.16. The highest BCUT2D eigenvalue weighted by molar-refractivity contribution is 6.24. The third-order valence-electron chi connectivity index (χ3n) is 11.4. The number of carboxylic acid groups (broad SMARTS) is 1. The number of nitrogens with one attached hydrogen (secondary N) is 2. The van der Waals surface area contributed by atoms with Crippen LogP contribution in [0.2, 0.25) is 0 Å². The van der Waals surface area contributed by atoms with Crippen LogP contribution in [-0.4, -0.2) is 89.9 Å². The number of aliphatic carboxylic acids is 1. The summed E-state index contributed by atoms with van der Waals surface area (Å²) in [6, 6.07) is 22.1. The van der Waals surface area contributed by atoms with Crippen LogP contribution in [0.25, 0.3) is 0 Å². The number of benzene rings is 4. The van der Waals surface area contributed by atoms with E-state index in [1.165, 1.54) is 18.2 Å². The quantitative estimate of drug-likeness (QED) is 0.108. The van der Waals surface area contributed by atoms with Gasteiger partial charge in [-0.05, 0) is 58.5 Å². The van der Waals surface area contributed by atoms with E-state index >= 15 is 4.79 Å². The second kappa shape index (κ2) is 17.8. The summed E-state index contributed by atoms with van der Waals surface area (Å²) in [6.07, 6.45) is -1.01. The van der Waals surface area contributed by atoms with Gasteiger partial charge in [0.15, 0.2) is 0 Å². The maximum absolute atomic E-state index is 16.0. The Morgan fingerprint density at radius 2 is 1.58 bits per heavy atom. The van der Waals surface area contributed by atoms with Crippen molar-refractivity contribution in [1.29, 1.82) is 0 Å². The van der Waals surface area contributed by atoms with Crippen LogP contribution in [0.15, 0.2) is 103 Å². The van der Waals surface area contributed by atoms with Crippen molar-refractivity contribution in [3.8, 4) is 17.6 Å². The van der Waals surface area contributed by atoms with E-state index in [1.54, 1.807) is 79.4 Å². The first-order chi connectivity index (χ1) is 29.8. The van der Waals surface area contributed by atoms with Gasteiger partial charge < -0.3 is 40.8 Å². The molecule has 3 aliphatic heterocycles. The topological polar surface area (TPSA) is 227 Å². The number of hydrogen-bond donors (Lipinski definition) is 5. The van der Waals surface area contributed by atoms with Crippen molar-refractivity contribution in [1.82, 2.24) is 15.5 Å². The number of aliphatic hydroxyl groups excluding tert-OH is 1. The molecule has 5 amide bonds. The third-order valence-corrected chi connectivity index (χ3v) is 11.4. The number of hydrogen-bond acceptors (Lipinski definition) is 11. The first-order valence-electron chi connectivity index (χ1n) is 19.9. The summed E-state index contributed by atoms with van der Waals surface area (Å²) in [4.78, 5) is 86.6. The fourth-order valence-electron chi connectivity index (χ4n) is 9.00. The molecule has 3 heterocycles. The first-order valence-corrected chi connectivity index (χ1v) is 19.9. The van der Waals surface area contributed by atoms with Crippen LogP contribution < -0.4 is 26.0 Å². The predicted octanol–water partition coefficient (Wildman–Crippen LogP) is 3.73. The van der Waals surface area contributed by atoms with E-state index in [0.717, 1.165) is 12.0 Å². The van der Waals surface area contributed by atoms with Crippen LogP contribution in [0.5, 0.6) is 5.75 Å². The number of fused-ring (bicyclic) bond motifs is 3. The average molecular weight is 844 g/mol. The summed E-state index contributed by atoms with van der Waals surface area (Å²) in [5.41, 5.74) is 4.83. The number of ether oxygens (including phenoxy) is 3. The number of cyclic esters (lactones) is 1. The van der Waals surface area contributed by atoms with Gasteiger partial charge in [0, 0.05) is 5.56 Å². The summed E-state index contributed by atoms with van der Waals surface area (Å²) >= 11 is 0. The number of nitrogens with zero attached hydrogens (tertiary/aromatic N) is 2.